The maximum absolute atomic E-state index is 6.15. The predicted molar refractivity (Wildman–Crippen MR) is 93.6 cm³/mol. The van der Waals surface area contributed by atoms with Gasteiger partial charge in [-0.3, -0.25) is 11.3 Å². The Hall–Kier alpha value is -0.590. The standard InChI is InChI=1S/C15H15Br2ClN2O/c1-21-15-5-3-11(16)6-10(15)8-14(20-19)9-2-4-12(17)13(18)7-9/h2-7,14,20H,8,19H2,1H3. The SMILES string of the molecule is COc1ccc(Br)cc1CC(NN)c1ccc(Br)c(Cl)c1. The third-order valence-corrected chi connectivity index (χ3v) is 4.94. The van der Waals surface area contributed by atoms with Crippen molar-refractivity contribution in [1.29, 1.82) is 0 Å². The lowest BCUT2D eigenvalue weighted by Gasteiger charge is -2.19. The van der Waals surface area contributed by atoms with Crippen molar-refractivity contribution < 1.29 is 4.74 Å². The number of hydrogen-bond donors (Lipinski definition) is 2. The summed E-state index contributed by atoms with van der Waals surface area (Å²) in [7, 11) is 1.66. The first-order valence-corrected chi connectivity index (χ1v) is 8.25. The van der Waals surface area contributed by atoms with Gasteiger partial charge in [-0.05, 0) is 63.8 Å². The van der Waals surface area contributed by atoms with Crippen LogP contribution < -0.4 is 16.0 Å². The molecule has 3 nitrogen and oxygen atoms in total. The summed E-state index contributed by atoms with van der Waals surface area (Å²) in [5, 5.41) is 0.661. The minimum absolute atomic E-state index is 0.0567. The number of ether oxygens (including phenoxy) is 1. The van der Waals surface area contributed by atoms with Gasteiger partial charge in [0.2, 0.25) is 0 Å². The number of hydrazine groups is 1. The van der Waals surface area contributed by atoms with Gasteiger partial charge in [0.05, 0.1) is 18.2 Å². The van der Waals surface area contributed by atoms with Gasteiger partial charge in [-0.1, -0.05) is 33.6 Å². The Balaban J connectivity index is 2.30. The average Bonchev–Trinajstić information content (AvgIpc) is 2.48. The summed E-state index contributed by atoms with van der Waals surface area (Å²) < 4.78 is 7.27. The Morgan fingerprint density at radius 1 is 1.24 bits per heavy atom. The lowest BCUT2D eigenvalue weighted by molar-refractivity contribution is 0.405. The molecule has 0 radical (unpaired) electrons. The Bertz CT molecular complexity index is 637. The minimum Gasteiger partial charge on any atom is -0.496 e. The second-order valence-corrected chi connectivity index (χ2v) is 6.73. The van der Waals surface area contributed by atoms with Crippen LogP contribution in [0, 0.1) is 0 Å². The molecule has 3 N–H and O–H groups in total. The summed E-state index contributed by atoms with van der Waals surface area (Å²) in [4.78, 5) is 0. The predicted octanol–water partition coefficient (Wildman–Crippen LogP) is 4.62. The van der Waals surface area contributed by atoms with Crippen LogP contribution >= 0.6 is 43.5 Å². The molecule has 2 aromatic rings. The van der Waals surface area contributed by atoms with Gasteiger partial charge in [-0.25, -0.2) is 0 Å². The summed E-state index contributed by atoms with van der Waals surface area (Å²) in [5.74, 6) is 6.55. The Morgan fingerprint density at radius 2 is 2.00 bits per heavy atom. The first kappa shape index (κ1) is 16.8. The highest BCUT2D eigenvalue weighted by Crippen LogP contribution is 2.30. The summed E-state index contributed by atoms with van der Waals surface area (Å²) in [5.41, 5.74) is 4.92. The second-order valence-electron chi connectivity index (χ2n) is 4.55. The molecular weight excluding hydrogens is 419 g/mol. The van der Waals surface area contributed by atoms with Crippen LogP contribution in [0.2, 0.25) is 5.02 Å². The molecule has 0 bridgehead atoms. The third-order valence-electron chi connectivity index (χ3n) is 3.21. The molecular formula is C15H15Br2ClN2O. The van der Waals surface area contributed by atoms with Crippen LogP contribution in [0.15, 0.2) is 45.3 Å². The topological polar surface area (TPSA) is 47.3 Å². The van der Waals surface area contributed by atoms with Crippen molar-refractivity contribution in [3.05, 3.63) is 61.5 Å². The van der Waals surface area contributed by atoms with Gasteiger partial charge < -0.3 is 4.74 Å². The first-order chi connectivity index (χ1) is 10.0. The third kappa shape index (κ3) is 4.20. The van der Waals surface area contributed by atoms with E-state index < -0.39 is 0 Å². The summed E-state index contributed by atoms with van der Waals surface area (Å²) >= 11 is 13.0. The molecule has 0 fully saturated rings. The average molecular weight is 435 g/mol. The quantitative estimate of drug-likeness (QED) is 0.533. The molecule has 0 amide bonds. The molecule has 1 atom stereocenters. The van der Waals surface area contributed by atoms with E-state index in [9.17, 15) is 0 Å². The van der Waals surface area contributed by atoms with Crippen LogP contribution in [0.4, 0.5) is 0 Å². The molecule has 0 aliphatic carbocycles. The zero-order chi connectivity index (χ0) is 15.4. The number of methoxy groups -OCH3 is 1. The van der Waals surface area contributed by atoms with Gasteiger partial charge in [-0.2, -0.15) is 0 Å². The molecule has 0 aliphatic heterocycles. The lowest BCUT2D eigenvalue weighted by Crippen LogP contribution is -2.29. The first-order valence-electron chi connectivity index (χ1n) is 6.28. The van der Waals surface area contributed by atoms with E-state index in [1.165, 1.54) is 0 Å². The zero-order valence-corrected chi connectivity index (χ0v) is 15.3. The molecule has 1 unspecified atom stereocenters. The van der Waals surface area contributed by atoms with E-state index in [1.54, 1.807) is 7.11 Å². The van der Waals surface area contributed by atoms with Crippen molar-refractivity contribution in [2.75, 3.05) is 7.11 Å². The lowest BCUT2D eigenvalue weighted by atomic mass is 9.99. The molecule has 0 saturated carbocycles. The number of nitrogens with one attached hydrogen (secondary N) is 1. The summed E-state index contributed by atoms with van der Waals surface area (Å²) in [6.45, 7) is 0. The van der Waals surface area contributed by atoms with E-state index in [0.717, 1.165) is 25.8 Å². The largest absolute Gasteiger partial charge is 0.496 e. The molecule has 6 heteroatoms. The number of halogens is 3. The molecule has 112 valence electrons. The monoisotopic (exact) mass is 432 g/mol. The molecule has 0 aliphatic rings. The number of hydrogen-bond acceptors (Lipinski definition) is 3. The molecule has 0 spiro atoms. The van der Waals surface area contributed by atoms with E-state index in [2.05, 4.69) is 37.3 Å². The van der Waals surface area contributed by atoms with Crippen LogP contribution in [0.3, 0.4) is 0 Å². The summed E-state index contributed by atoms with van der Waals surface area (Å²) in [6.07, 6.45) is 0.692. The molecule has 2 rings (SSSR count). The van der Waals surface area contributed by atoms with Gasteiger partial charge in [-0.15, -0.1) is 0 Å². The summed E-state index contributed by atoms with van der Waals surface area (Å²) in [6, 6.07) is 11.7. The van der Waals surface area contributed by atoms with Crippen molar-refractivity contribution in [3.63, 3.8) is 0 Å². The van der Waals surface area contributed by atoms with Crippen molar-refractivity contribution >= 4 is 43.5 Å². The Labute approximate surface area is 146 Å². The van der Waals surface area contributed by atoms with Crippen molar-refractivity contribution in [2.24, 2.45) is 5.84 Å². The van der Waals surface area contributed by atoms with Crippen molar-refractivity contribution in [1.82, 2.24) is 5.43 Å². The molecule has 2 aromatic carbocycles. The van der Waals surface area contributed by atoms with Crippen molar-refractivity contribution in [3.8, 4) is 5.75 Å². The highest BCUT2D eigenvalue weighted by Gasteiger charge is 2.15. The van der Waals surface area contributed by atoms with Gasteiger partial charge in [0, 0.05) is 8.95 Å². The molecule has 0 heterocycles. The molecule has 0 saturated heterocycles. The van der Waals surface area contributed by atoms with E-state index in [4.69, 9.17) is 22.2 Å². The van der Waals surface area contributed by atoms with Crippen LogP contribution in [0.1, 0.15) is 17.2 Å². The van der Waals surface area contributed by atoms with Crippen LogP contribution in [0.25, 0.3) is 0 Å². The zero-order valence-electron chi connectivity index (χ0n) is 11.4. The number of nitrogens with two attached hydrogens (primary N) is 1. The highest BCUT2D eigenvalue weighted by molar-refractivity contribution is 9.10. The fourth-order valence-electron chi connectivity index (χ4n) is 2.13. The van der Waals surface area contributed by atoms with Crippen LogP contribution in [-0.4, -0.2) is 7.11 Å². The smallest absolute Gasteiger partial charge is 0.122 e. The Morgan fingerprint density at radius 3 is 2.62 bits per heavy atom. The van der Waals surface area contributed by atoms with Crippen LogP contribution in [0.5, 0.6) is 5.75 Å². The van der Waals surface area contributed by atoms with Crippen LogP contribution in [-0.2, 0) is 6.42 Å². The maximum Gasteiger partial charge on any atom is 0.122 e. The fourth-order valence-corrected chi connectivity index (χ4v) is 2.97. The maximum atomic E-state index is 6.15. The molecule has 0 aromatic heterocycles. The minimum atomic E-state index is -0.0567. The number of rotatable bonds is 5. The van der Waals surface area contributed by atoms with Crippen molar-refractivity contribution in [2.45, 2.75) is 12.5 Å². The van der Waals surface area contributed by atoms with E-state index in [-0.39, 0.29) is 6.04 Å². The Kier molecular flexibility index (Phi) is 6.08. The van der Waals surface area contributed by atoms with Gasteiger partial charge in [0.1, 0.15) is 5.75 Å². The van der Waals surface area contributed by atoms with Gasteiger partial charge in [0.25, 0.3) is 0 Å². The van der Waals surface area contributed by atoms with Gasteiger partial charge >= 0.3 is 0 Å². The fraction of sp³-hybridized carbons (Fsp3) is 0.200. The molecule has 21 heavy (non-hydrogen) atoms. The number of benzene rings is 2. The normalized spacial score (nSPS) is 12.2. The van der Waals surface area contributed by atoms with E-state index in [1.807, 2.05) is 36.4 Å². The second kappa shape index (κ2) is 7.61. The highest BCUT2D eigenvalue weighted by atomic mass is 79.9. The van der Waals surface area contributed by atoms with Gasteiger partial charge in [0.15, 0.2) is 0 Å². The van der Waals surface area contributed by atoms with E-state index in [0.29, 0.717) is 11.4 Å². The van der Waals surface area contributed by atoms with E-state index >= 15 is 0 Å².